The second kappa shape index (κ2) is 7.14. The lowest BCUT2D eigenvalue weighted by atomic mass is 9.97. The molecule has 1 atom stereocenters. The normalized spacial score (nSPS) is 12.6. The number of pyridine rings is 1. The summed E-state index contributed by atoms with van der Waals surface area (Å²) >= 11 is 0. The van der Waals surface area contributed by atoms with Crippen LogP contribution in [0.5, 0.6) is 0 Å². The van der Waals surface area contributed by atoms with E-state index < -0.39 is 0 Å². The minimum atomic E-state index is 0.574. The summed E-state index contributed by atoms with van der Waals surface area (Å²) in [6.07, 6.45) is 5.77. The number of hydrogen-bond acceptors (Lipinski definition) is 5. The minimum absolute atomic E-state index is 0.574. The third-order valence-electron chi connectivity index (χ3n) is 3.61. The van der Waals surface area contributed by atoms with Gasteiger partial charge in [0.2, 0.25) is 11.7 Å². The lowest BCUT2D eigenvalue weighted by Gasteiger charge is -2.11. The lowest BCUT2D eigenvalue weighted by Crippen LogP contribution is -2.09. The molecule has 2 aromatic rings. The maximum absolute atomic E-state index is 5.61. The largest absolute Gasteiger partial charge is 0.339 e. The van der Waals surface area contributed by atoms with Crippen molar-refractivity contribution in [2.45, 2.75) is 39.5 Å². The molecule has 0 aliphatic rings. The summed E-state index contributed by atoms with van der Waals surface area (Å²) in [7, 11) is 0. The fourth-order valence-corrected chi connectivity index (χ4v) is 2.29. The maximum atomic E-state index is 5.61. The zero-order chi connectivity index (χ0) is 14.4. The summed E-state index contributed by atoms with van der Waals surface area (Å²) in [5, 5.41) is 4.02. The summed E-state index contributed by atoms with van der Waals surface area (Å²) in [6.45, 7) is 4.92. The maximum Gasteiger partial charge on any atom is 0.227 e. The molecule has 0 amide bonds. The smallest absolute Gasteiger partial charge is 0.227 e. The molecule has 2 aromatic heterocycles. The van der Waals surface area contributed by atoms with Crippen molar-refractivity contribution in [1.29, 1.82) is 0 Å². The van der Waals surface area contributed by atoms with E-state index in [2.05, 4.69) is 22.0 Å². The Hall–Kier alpha value is -1.75. The predicted octanol–water partition coefficient (Wildman–Crippen LogP) is 2.75. The van der Waals surface area contributed by atoms with E-state index in [1.807, 2.05) is 19.1 Å². The Kier molecular flexibility index (Phi) is 5.24. The molecule has 0 fully saturated rings. The topological polar surface area (TPSA) is 77.8 Å². The molecule has 5 nitrogen and oxygen atoms in total. The Morgan fingerprint density at radius 1 is 1.35 bits per heavy atom. The third kappa shape index (κ3) is 3.63. The SMILES string of the molecule is CCC(CCN)CCc1nc(-c2ncccc2C)no1. The van der Waals surface area contributed by atoms with E-state index in [-0.39, 0.29) is 0 Å². The summed E-state index contributed by atoms with van der Waals surface area (Å²) in [4.78, 5) is 8.74. The van der Waals surface area contributed by atoms with Gasteiger partial charge in [-0.15, -0.1) is 0 Å². The fourth-order valence-electron chi connectivity index (χ4n) is 2.29. The van der Waals surface area contributed by atoms with Gasteiger partial charge in [-0.1, -0.05) is 24.6 Å². The van der Waals surface area contributed by atoms with Gasteiger partial charge in [-0.2, -0.15) is 4.98 Å². The fraction of sp³-hybridized carbons (Fsp3) is 0.533. The van der Waals surface area contributed by atoms with Gasteiger partial charge in [0.1, 0.15) is 5.69 Å². The molecule has 0 saturated carbocycles. The van der Waals surface area contributed by atoms with Crippen LogP contribution in [0.2, 0.25) is 0 Å². The Labute approximate surface area is 119 Å². The minimum Gasteiger partial charge on any atom is -0.339 e. The highest BCUT2D eigenvalue weighted by Crippen LogP contribution is 2.19. The zero-order valence-corrected chi connectivity index (χ0v) is 12.2. The van der Waals surface area contributed by atoms with E-state index >= 15 is 0 Å². The van der Waals surface area contributed by atoms with Crippen molar-refractivity contribution < 1.29 is 4.52 Å². The Balaban J connectivity index is 2.01. The first kappa shape index (κ1) is 14.7. The molecular weight excluding hydrogens is 252 g/mol. The van der Waals surface area contributed by atoms with Crippen molar-refractivity contribution in [3.63, 3.8) is 0 Å². The van der Waals surface area contributed by atoms with Gasteiger partial charge in [0.25, 0.3) is 0 Å². The van der Waals surface area contributed by atoms with Crippen molar-refractivity contribution in [1.82, 2.24) is 15.1 Å². The highest BCUT2D eigenvalue weighted by molar-refractivity contribution is 5.52. The molecule has 1 unspecified atom stereocenters. The van der Waals surface area contributed by atoms with Crippen LogP contribution in [0.15, 0.2) is 22.9 Å². The molecule has 108 valence electrons. The van der Waals surface area contributed by atoms with E-state index in [0.717, 1.165) is 43.5 Å². The van der Waals surface area contributed by atoms with Crippen molar-refractivity contribution in [2.24, 2.45) is 11.7 Å². The van der Waals surface area contributed by atoms with Crippen LogP contribution in [0.4, 0.5) is 0 Å². The van der Waals surface area contributed by atoms with Gasteiger partial charge in [0, 0.05) is 12.6 Å². The van der Waals surface area contributed by atoms with Crippen LogP contribution >= 0.6 is 0 Å². The Bertz CT molecular complexity index is 538. The molecule has 2 N–H and O–H groups in total. The summed E-state index contributed by atoms with van der Waals surface area (Å²) in [5.41, 5.74) is 7.45. The molecule has 0 saturated heterocycles. The average molecular weight is 274 g/mol. The van der Waals surface area contributed by atoms with E-state index in [4.69, 9.17) is 10.3 Å². The Morgan fingerprint density at radius 2 is 2.20 bits per heavy atom. The van der Waals surface area contributed by atoms with Crippen molar-refractivity contribution in [3.8, 4) is 11.5 Å². The van der Waals surface area contributed by atoms with Gasteiger partial charge in [-0.05, 0) is 43.9 Å². The highest BCUT2D eigenvalue weighted by Gasteiger charge is 2.13. The number of nitrogens with two attached hydrogens (primary N) is 1. The number of aromatic nitrogens is 3. The summed E-state index contributed by atoms with van der Waals surface area (Å²) < 4.78 is 5.31. The van der Waals surface area contributed by atoms with E-state index in [0.29, 0.717) is 17.6 Å². The molecule has 0 radical (unpaired) electrons. The lowest BCUT2D eigenvalue weighted by molar-refractivity contribution is 0.354. The number of hydrogen-bond donors (Lipinski definition) is 1. The van der Waals surface area contributed by atoms with Crippen LogP contribution in [0, 0.1) is 12.8 Å². The first-order valence-electron chi connectivity index (χ1n) is 7.19. The second-order valence-corrected chi connectivity index (χ2v) is 5.07. The van der Waals surface area contributed by atoms with Crippen LogP contribution in [0.25, 0.3) is 11.5 Å². The molecule has 0 aliphatic carbocycles. The summed E-state index contributed by atoms with van der Waals surface area (Å²) in [5.74, 6) is 1.89. The molecular formula is C15H22N4O. The van der Waals surface area contributed by atoms with Crippen molar-refractivity contribution in [3.05, 3.63) is 29.8 Å². The third-order valence-corrected chi connectivity index (χ3v) is 3.61. The molecule has 0 aliphatic heterocycles. The van der Waals surface area contributed by atoms with E-state index in [1.54, 1.807) is 6.20 Å². The zero-order valence-electron chi connectivity index (χ0n) is 12.2. The van der Waals surface area contributed by atoms with Gasteiger partial charge in [-0.25, -0.2) is 0 Å². The molecule has 0 bridgehead atoms. The van der Waals surface area contributed by atoms with Gasteiger partial charge < -0.3 is 10.3 Å². The molecule has 5 heteroatoms. The quantitative estimate of drug-likeness (QED) is 0.840. The molecule has 0 aromatic carbocycles. The van der Waals surface area contributed by atoms with Crippen LogP contribution in [-0.4, -0.2) is 21.7 Å². The van der Waals surface area contributed by atoms with E-state index in [9.17, 15) is 0 Å². The van der Waals surface area contributed by atoms with Crippen LogP contribution in [0.1, 0.15) is 37.6 Å². The number of rotatable bonds is 7. The van der Waals surface area contributed by atoms with E-state index in [1.165, 1.54) is 0 Å². The van der Waals surface area contributed by atoms with Gasteiger partial charge >= 0.3 is 0 Å². The first-order chi connectivity index (χ1) is 9.74. The second-order valence-electron chi connectivity index (χ2n) is 5.07. The predicted molar refractivity (Wildman–Crippen MR) is 78.0 cm³/mol. The average Bonchev–Trinajstić information content (AvgIpc) is 2.92. The summed E-state index contributed by atoms with van der Waals surface area (Å²) in [6, 6.07) is 3.89. The van der Waals surface area contributed by atoms with Crippen molar-refractivity contribution in [2.75, 3.05) is 6.54 Å². The molecule has 20 heavy (non-hydrogen) atoms. The molecule has 0 spiro atoms. The van der Waals surface area contributed by atoms with Crippen LogP contribution in [0.3, 0.4) is 0 Å². The van der Waals surface area contributed by atoms with Crippen molar-refractivity contribution >= 4 is 0 Å². The number of aryl methyl sites for hydroxylation is 2. The first-order valence-corrected chi connectivity index (χ1v) is 7.19. The number of nitrogens with zero attached hydrogens (tertiary/aromatic N) is 3. The van der Waals surface area contributed by atoms with Gasteiger partial charge in [0.05, 0.1) is 0 Å². The van der Waals surface area contributed by atoms with Gasteiger partial charge in [0.15, 0.2) is 0 Å². The molecule has 2 heterocycles. The van der Waals surface area contributed by atoms with Crippen LogP contribution < -0.4 is 5.73 Å². The highest BCUT2D eigenvalue weighted by atomic mass is 16.5. The monoisotopic (exact) mass is 274 g/mol. The standard InChI is InChI=1S/C15H22N4O/c1-3-12(8-9-16)6-7-13-18-15(19-20-13)14-11(2)5-4-10-17-14/h4-5,10,12H,3,6-9,16H2,1-2H3. The Morgan fingerprint density at radius 3 is 2.90 bits per heavy atom. The molecule has 2 rings (SSSR count). The van der Waals surface area contributed by atoms with Gasteiger partial charge in [-0.3, -0.25) is 4.98 Å². The van der Waals surface area contributed by atoms with Crippen LogP contribution in [-0.2, 0) is 6.42 Å².